The highest BCUT2D eigenvalue weighted by Crippen LogP contribution is 2.41. The minimum atomic E-state index is -0.577. The van der Waals surface area contributed by atoms with Gasteiger partial charge in [0.1, 0.15) is 18.4 Å². The third kappa shape index (κ3) is 6.69. The molecule has 196 valence electrons. The van der Waals surface area contributed by atoms with Crippen LogP contribution in [0.15, 0.2) is 63.4 Å². The smallest absolute Gasteiger partial charge is 0.338 e. The number of nitrogens with one attached hydrogen (secondary N) is 1. The van der Waals surface area contributed by atoms with Gasteiger partial charge in [0.2, 0.25) is 11.1 Å². The second-order valence-electron chi connectivity index (χ2n) is 8.66. The molecule has 10 heteroatoms. The summed E-state index contributed by atoms with van der Waals surface area (Å²) in [5.41, 5.74) is 2.93. The molecule has 1 aliphatic rings. The highest BCUT2D eigenvalue weighted by atomic mass is 79.9. The summed E-state index contributed by atoms with van der Waals surface area (Å²) < 4.78 is 14.6. The summed E-state index contributed by atoms with van der Waals surface area (Å²) in [5, 5.41) is 9.38. The number of aromatic nitrogens is 3. The van der Waals surface area contributed by atoms with E-state index >= 15 is 0 Å². The van der Waals surface area contributed by atoms with Crippen LogP contribution in [0.25, 0.3) is 0 Å². The second-order valence-corrected chi connectivity index (χ2v) is 11.1. The molecule has 4 rings (SSSR count). The van der Waals surface area contributed by atoms with Crippen molar-refractivity contribution in [2.24, 2.45) is 0 Å². The maximum Gasteiger partial charge on any atom is 0.338 e. The van der Waals surface area contributed by atoms with Crippen molar-refractivity contribution in [1.29, 1.82) is 0 Å². The number of halogens is 2. The van der Waals surface area contributed by atoms with Gasteiger partial charge in [-0.2, -0.15) is 4.98 Å². The lowest BCUT2D eigenvalue weighted by Gasteiger charge is -2.29. The Balaban J connectivity index is 1.76. The molecule has 0 bridgehead atoms. The number of carbonyl (C=O) groups is 1. The molecule has 1 aliphatic heterocycles. The molecule has 1 unspecified atom stereocenters. The molecule has 0 saturated carbocycles. The van der Waals surface area contributed by atoms with Crippen molar-refractivity contribution in [1.82, 2.24) is 14.8 Å². The summed E-state index contributed by atoms with van der Waals surface area (Å²) in [5.74, 6) is 1.74. The zero-order chi connectivity index (χ0) is 26.4. The van der Waals surface area contributed by atoms with Gasteiger partial charge < -0.3 is 14.8 Å². The number of nitrogens with zero attached hydrogens (tertiary/aromatic N) is 3. The van der Waals surface area contributed by atoms with Gasteiger partial charge in [0, 0.05) is 26.5 Å². The minimum Gasteiger partial charge on any atom is -0.489 e. The Morgan fingerprint density at radius 3 is 2.70 bits per heavy atom. The first-order valence-corrected chi connectivity index (χ1v) is 14.5. The number of fused-ring (bicyclic) bond motifs is 1. The van der Waals surface area contributed by atoms with Gasteiger partial charge >= 0.3 is 5.97 Å². The SMILES string of the molecule is CCCCOC(=O)C1=C(C)Nc2nc(SCCC)nn2C1c1cc(Br)ccc1OCc1ccc(Cl)cc1. The van der Waals surface area contributed by atoms with Gasteiger partial charge in [-0.3, -0.25) is 0 Å². The number of hydrogen-bond donors (Lipinski definition) is 1. The predicted octanol–water partition coefficient (Wildman–Crippen LogP) is 7.41. The lowest BCUT2D eigenvalue weighted by Crippen LogP contribution is -2.30. The Kier molecular flexibility index (Phi) is 9.56. The molecule has 2 aromatic carbocycles. The standard InChI is InChI=1S/C27H30BrClN4O3S/c1-4-6-13-35-25(34)23-17(3)30-26-31-27(37-14-5-2)32-33(26)24(23)21-15-19(28)9-12-22(21)36-16-18-7-10-20(29)11-8-18/h7-12,15,24H,4-6,13-14,16H2,1-3H3,(H,30,31,32). The first-order chi connectivity index (χ1) is 17.9. The summed E-state index contributed by atoms with van der Waals surface area (Å²) in [7, 11) is 0. The Morgan fingerprint density at radius 2 is 1.97 bits per heavy atom. The van der Waals surface area contributed by atoms with Crippen molar-refractivity contribution < 1.29 is 14.3 Å². The van der Waals surface area contributed by atoms with Crippen molar-refractivity contribution in [3.05, 3.63) is 74.4 Å². The minimum absolute atomic E-state index is 0.345. The van der Waals surface area contributed by atoms with E-state index in [-0.39, 0.29) is 5.97 Å². The number of carbonyl (C=O) groups excluding carboxylic acids is 1. The summed E-state index contributed by atoms with van der Waals surface area (Å²) in [4.78, 5) is 18.1. The molecule has 1 atom stereocenters. The van der Waals surface area contributed by atoms with Gasteiger partial charge in [-0.05, 0) is 55.7 Å². The molecule has 1 aromatic heterocycles. The van der Waals surface area contributed by atoms with E-state index in [1.54, 1.807) is 16.4 Å². The van der Waals surface area contributed by atoms with Gasteiger partial charge in [-0.25, -0.2) is 9.48 Å². The van der Waals surface area contributed by atoms with Crippen LogP contribution in [0.1, 0.15) is 57.2 Å². The molecule has 1 N–H and O–H groups in total. The summed E-state index contributed by atoms with van der Waals surface area (Å²) in [6.45, 7) is 6.75. The number of rotatable bonds is 11. The molecular weight excluding hydrogens is 576 g/mol. The van der Waals surface area contributed by atoms with Crippen LogP contribution < -0.4 is 10.1 Å². The first-order valence-electron chi connectivity index (χ1n) is 12.3. The number of esters is 1. The van der Waals surface area contributed by atoms with E-state index < -0.39 is 6.04 Å². The van der Waals surface area contributed by atoms with Crippen LogP contribution in [0.5, 0.6) is 5.75 Å². The number of ether oxygens (including phenoxy) is 2. The molecule has 7 nitrogen and oxygen atoms in total. The molecule has 0 amide bonds. The predicted molar refractivity (Wildman–Crippen MR) is 151 cm³/mol. The van der Waals surface area contributed by atoms with E-state index in [0.717, 1.165) is 40.6 Å². The van der Waals surface area contributed by atoms with Gasteiger partial charge in [0.15, 0.2) is 0 Å². The van der Waals surface area contributed by atoms with Crippen LogP contribution in [-0.2, 0) is 16.1 Å². The maximum absolute atomic E-state index is 13.4. The van der Waals surface area contributed by atoms with E-state index in [4.69, 9.17) is 26.2 Å². The van der Waals surface area contributed by atoms with E-state index in [0.29, 0.717) is 46.4 Å². The Labute approximate surface area is 235 Å². The van der Waals surface area contributed by atoms with Crippen LogP contribution in [-0.4, -0.2) is 33.1 Å². The van der Waals surface area contributed by atoms with Gasteiger partial charge in [0.05, 0.1) is 12.2 Å². The average Bonchev–Trinajstić information content (AvgIpc) is 3.29. The monoisotopic (exact) mass is 604 g/mol. The fourth-order valence-electron chi connectivity index (χ4n) is 3.93. The molecule has 0 aliphatic carbocycles. The van der Waals surface area contributed by atoms with E-state index in [1.165, 1.54) is 0 Å². The number of thioether (sulfide) groups is 1. The Bertz CT molecular complexity index is 1280. The van der Waals surface area contributed by atoms with Crippen LogP contribution in [0.3, 0.4) is 0 Å². The average molecular weight is 606 g/mol. The fourth-order valence-corrected chi connectivity index (χ4v) is 5.12. The van der Waals surface area contributed by atoms with Crippen LogP contribution in [0.4, 0.5) is 5.95 Å². The topological polar surface area (TPSA) is 78.3 Å². The second kappa shape index (κ2) is 12.8. The van der Waals surface area contributed by atoms with Crippen molar-refractivity contribution in [3.63, 3.8) is 0 Å². The van der Waals surface area contributed by atoms with Crippen molar-refractivity contribution in [3.8, 4) is 5.75 Å². The third-order valence-electron chi connectivity index (χ3n) is 5.79. The number of allylic oxidation sites excluding steroid dienone is 1. The Hall–Kier alpha value is -2.49. The highest BCUT2D eigenvalue weighted by Gasteiger charge is 2.37. The van der Waals surface area contributed by atoms with Crippen molar-refractivity contribution in [2.45, 2.75) is 57.8 Å². The molecule has 0 saturated heterocycles. The maximum atomic E-state index is 13.4. The molecule has 2 heterocycles. The quantitative estimate of drug-likeness (QED) is 0.139. The summed E-state index contributed by atoms with van der Waals surface area (Å²) in [6.07, 6.45) is 2.74. The lowest BCUT2D eigenvalue weighted by atomic mass is 9.95. The van der Waals surface area contributed by atoms with Crippen molar-refractivity contribution >= 4 is 51.2 Å². The van der Waals surface area contributed by atoms with Gasteiger partial charge in [0.25, 0.3) is 0 Å². The molecular formula is C27H30BrClN4O3S. The lowest BCUT2D eigenvalue weighted by molar-refractivity contribution is -0.139. The third-order valence-corrected chi connectivity index (χ3v) is 7.58. The van der Waals surface area contributed by atoms with Crippen LogP contribution in [0.2, 0.25) is 5.02 Å². The molecule has 0 fully saturated rings. The van der Waals surface area contributed by atoms with E-state index in [9.17, 15) is 4.79 Å². The normalized spacial score (nSPS) is 14.8. The number of unbranched alkanes of at least 4 members (excludes halogenated alkanes) is 1. The van der Waals surface area contributed by atoms with Crippen molar-refractivity contribution in [2.75, 3.05) is 17.7 Å². The first kappa shape index (κ1) is 27.5. The number of benzene rings is 2. The zero-order valence-corrected chi connectivity index (χ0v) is 24.3. The Morgan fingerprint density at radius 1 is 1.19 bits per heavy atom. The zero-order valence-electron chi connectivity index (χ0n) is 21.1. The number of hydrogen-bond acceptors (Lipinski definition) is 7. The molecule has 0 radical (unpaired) electrons. The van der Waals surface area contributed by atoms with E-state index in [2.05, 4.69) is 40.1 Å². The molecule has 0 spiro atoms. The largest absolute Gasteiger partial charge is 0.489 e. The van der Waals surface area contributed by atoms with Crippen LogP contribution >= 0.6 is 39.3 Å². The fraction of sp³-hybridized carbons (Fsp3) is 0.370. The van der Waals surface area contributed by atoms with Crippen LogP contribution in [0, 0.1) is 0 Å². The molecule has 3 aromatic rings. The number of anilines is 1. The van der Waals surface area contributed by atoms with E-state index in [1.807, 2.05) is 49.4 Å². The summed E-state index contributed by atoms with van der Waals surface area (Å²) >= 11 is 11.2. The molecule has 37 heavy (non-hydrogen) atoms. The highest BCUT2D eigenvalue weighted by molar-refractivity contribution is 9.10. The van der Waals surface area contributed by atoms with Gasteiger partial charge in [-0.15, -0.1) is 5.10 Å². The summed E-state index contributed by atoms with van der Waals surface area (Å²) in [6, 6.07) is 12.7. The van der Waals surface area contributed by atoms with Gasteiger partial charge in [-0.1, -0.05) is 71.7 Å².